The second-order valence-corrected chi connectivity index (χ2v) is 5.12. The predicted molar refractivity (Wildman–Crippen MR) is 68.3 cm³/mol. The van der Waals surface area contributed by atoms with E-state index in [1.807, 2.05) is 4.90 Å². The summed E-state index contributed by atoms with van der Waals surface area (Å²) in [6, 6.07) is 4.50. The highest BCUT2D eigenvalue weighted by Crippen LogP contribution is 2.38. The van der Waals surface area contributed by atoms with E-state index in [2.05, 4.69) is 19.1 Å². The van der Waals surface area contributed by atoms with Gasteiger partial charge in [0.05, 0.1) is 5.69 Å². The maximum atomic E-state index is 11.8. The van der Waals surface area contributed by atoms with Crippen molar-refractivity contribution in [2.75, 3.05) is 18.0 Å². The molecule has 0 saturated carbocycles. The Hall–Kier alpha value is -1.35. The zero-order valence-corrected chi connectivity index (χ0v) is 10.2. The lowest BCUT2D eigenvalue weighted by Crippen LogP contribution is -2.32. The summed E-state index contributed by atoms with van der Waals surface area (Å²) in [7, 11) is 0. The number of hydrogen-bond donors (Lipinski definition) is 1. The lowest BCUT2D eigenvalue weighted by molar-refractivity contribution is -0.118. The number of anilines is 1. The van der Waals surface area contributed by atoms with Gasteiger partial charge in [0.1, 0.15) is 0 Å². The molecule has 1 atom stereocenters. The molecule has 2 N–H and O–H groups in total. The Morgan fingerprint density at radius 3 is 2.71 bits per heavy atom. The van der Waals surface area contributed by atoms with Crippen molar-refractivity contribution in [3.63, 3.8) is 0 Å². The quantitative estimate of drug-likeness (QED) is 0.838. The van der Waals surface area contributed by atoms with E-state index in [-0.39, 0.29) is 5.91 Å². The Kier molecular flexibility index (Phi) is 2.44. The monoisotopic (exact) mass is 230 g/mol. The first kappa shape index (κ1) is 10.8. The molecule has 2 aliphatic heterocycles. The molecule has 0 spiro atoms. The van der Waals surface area contributed by atoms with Gasteiger partial charge in [-0.1, -0.05) is 19.1 Å². The van der Waals surface area contributed by atoms with Crippen LogP contribution in [0.15, 0.2) is 12.1 Å². The molecule has 2 aliphatic rings. The van der Waals surface area contributed by atoms with Crippen LogP contribution in [0.2, 0.25) is 0 Å². The lowest BCUT2D eigenvalue weighted by atomic mass is 9.92. The number of nitrogens with zero attached hydrogens (tertiary/aromatic N) is 1. The molecule has 1 aromatic rings. The van der Waals surface area contributed by atoms with E-state index in [0.717, 1.165) is 19.4 Å². The first-order chi connectivity index (χ1) is 8.20. The molecule has 1 unspecified atom stereocenters. The summed E-state index contributed by atoms with van der Waals surface area (Å²) in [6.07, 6.45) is 2.55. The molecular weight excluding hydrogens is 212 g/mol. The van der Waals surface area contributed by atoms with Crippen LogP contribution in [-0.4, -0.2) is 19.0 Å². The Morgan fingerprint density at radius 1 is 1.29 bits per heavy atom. The highest BCUT2D eigenvalue weighted by atomic mass is 16.2. The molecule has 3 heteroatoms. The lowest BCUT2D eigenvalue weighted by Gasteiger charge is -2.26. The zero-order chi connectivity index (χ0) is 12.0. The van der Waals surface area contributed by atoms with E-state index < -0.39 is 0 Å². The normalized spacial score (nSPS) is 19.4. The smallest absolute Gasteiger partial charge is 0.227 e. The molecule has 3 nitrogen and oxygen atoms in total. The number of rotatable bonds is 2. The fourth-order valence-electron chi connectivity index (χ4n) is 2.91. The molecule has 0 aliphatic carbocycles. The van der Waals surface area contributed by atoms with Gasteiger partial charge in [-0.2, -0.15) is 0 Å². The van der Waals surface area contributed by atoms with Crippen LogP contribution in [0.1, 0.15) is 36.0 Å². The molecule has 17 heavy (non-hydrogen) atoms. The van der Waals surface area contributed by atoms with Crippen LogP contribution in [0.5, 0.6) is 0 Å². The van der Waals surface area contributed by atoms with Gasteiger partial charge in [0.15, 0.2) is 0 Å². The standard InChI is InChI=1S/C14H18N2O/c1-9(8-15)12-6-10-2-3-13(17)16-5-4-11(7-12)14(10)16/h6-7,9H,2-5,8,15H2,1H3. The van der Waals surface area contributed by atoms with Crippen LogP contribution in [0, 0.1) is 0 Å². The number of amides is 1. The molecule has 1 aromatic carbocycles. The van der Waals surface area contributed by atoms with Crippen molar-refractivity contribution in [2.45, 2.75) is 32.1 Å². The molecule has 0 radical (unpaired) electrons. The summed E-state index contributed by atoms with van der Waals surface area (Å²) >= 11 is 0. The Balaban J connectivity index is 2.10. The molecule has 3 rings (SSSR count). The van der Waals surface area contributed by atoms with Gasteiger partial charge in [-0.15, -0.1) is 0 Å². The van der Waals surface area contributed by atoms with Crippen LogP contribution in [0.3, 0.4) is 0 Å². The van der Waals surface area contributed by atoms with Crippen LogP contribution < -0.4 is 10.6 Å². The van der Waals surface area contributed by atoms with Crippen molar-refractivity contribution in [3.05, 3.63) is 28.8 Å². The second-order valence-electron chi connectivity index (χ2n) is 5.12. The number of carbonyl (C=O) groups excluding carboxylic acids is 1. The maximum absolute atomic E-state index is 11.8. The minimum absolute atomic E-state index is 0.288. The highest BCUT2D eigenvalue weighted by molar-refractivity contribution is 5.98. The summed E-state index contributed by atoms with van der Waals surface area (Å²) in [5.74, 6) is 0.694. The fourth-order valence-corrected chi connectivity index (χ4v) is 2.91. The number of hydrogen-bond acceptors (Lipinski definition) is 2. The first-order valence-corrected chi connectivity index (χ1v) is 6.37. The van der Waals surface area contributed by atoms with E-state index in [0.29, 0.717) is 18.9 Å². The van der Waals surface area contributed by atoms with Crippen molar-refractivity contribution in [1.82, 2.24) is 0 Å². The SMILES string of the molecule is CC(CN)c1cc2c3c(c1)CCN3C(=O)CC2. The highest BCUT2D eigenvalue weighted by Gasteiger charge is 2.31. The Morgan fingerprint density at radius 2 is 2.00 bits per heavy atom. The summed E-state index contributed by atoms with van der Waals surface area (Å²) < 4.78 is 0. The summed E-state index contributed by atoms with van der Waals surface area (Å²) in [5.41, 5.74) is 11.0. The van der Waals surface area contributed by atoms with Crippen molar-refractivity contribution < 1.29 is 4.79 Å². The molecule has 0 saturated heterocycles. The summed E-state index contributed by atoms with van der Waals surface area (Å²) in [4.78, 5) is 13.8. The minimum Gasteiger partial charge on any atom is -0.330 e. The zero-order valence-electron chi connectivity index (χ0n) is 10.2. The van der Waals surface area contributed by atoms with E-state index in [1.165, 1.54) is 22.4 Å². The molecule has 90 valence electrons. The third-order valence-corrected chi connectivity index (χ3v) is 4.00. The molecule has 0 aromatic heterocycles. The Labute approximate surface area is 102 Å². The van der Waals surface area contributed by atoms with Gasteiger partial charge in [0.25, 0.3) is 0 Å². The number of aryl methyl sites for hydroxylation is 1. The summed E-state index contributed by atoms with van der Waals surface area (Å²) in [6.45, 7) is 3.71. The third kappa shape index (κ3) is 1.57. The molecule has 0 fully saturated rings. The fraction of sp³-hybridized carbons (Fsp3) is 0.500. The van der Waals surface area contributed by atoms with Gasteiger partial charge in [-0.3, -0.25) is 4.79 Å². The topological polar surface area (TPSA) is 46.3 Å². The van der Waals surface area contributed by atoms with Crippen LogP contribution in [0.4, 0.5) is 5.69 Å². The minimum atomic E-state index is 0.288. The van der Waals surface area contributed by atoms with Gasteiger partial charge < -0.3 is 10.6 Å². The third-order valence-electron chi connectivity index (χ3n) is 4.00. The Bertz CT molecular complexity index is 481. The largest absolute Gasteiger partial charge is 0.330 e. The van der Waals surface area contributed by atoms with Crippen LogP contribution >= 0.6 is 0 Å². The van der Waals surface area contributed by atoms with E-state index in [9.17, 15) is 4.79 Å². The van der Waals surface area contributed by atoms with Crippen LogP contribution in [-0.2, 0) is 17.6 Å². The van der Waals surface area contributed by atoms with Crippen LogP contribution in [0.25, 0.3) is 0 Å². The van der Waals surface area contributed by atoms with Crippen molar-refractivity contribution in [1.29, 1.82) is 0 Å². The first-order valence-electron chi connectivity index (χ1n) is 6.37. The number of nitrogens with two attached hydrogens (primary N) is 1. The van der Waals surface area contributed by atoms with E-state index >= 15 is 0 Å². The van der Waals surface area contributed by atoms with Gasteiger partial charge in [0.2, 0.25) is 5.91 Å². The summed E-state index contributed by atoms with van der Waals surface area (Å²) in [5, 5.41) is 0. The van der Waals surface area contributed by atoms with Gasteiger partial charge in [0, 0.05) is 13.0 Å². The second kappa shape index (κ2) is 3.84. The van der Waals surface area contributed by atoms with E-state index in [4.69, 9.17) is 5.73 Å². The number of carbonyl (C=O) groups is 1. The van der Waals surface area contributed by atoms with Crippen molar-refractivity contribution in [3.8, 4) is 0 Å². The maximum Gasteiger partial charge on any atom is 0.227 e. The van der Waals surface area contributed by atoms with Gasteiger partial charge in [-0.25, -0.2) is 0 Å². The van der Waals surface area contributed by atoms with Gasteiger partial charge >= 0.3 is 0 Å². The van der Waals surface area contributed by atoms with Crippen molar-refractivity contribution in [2.24, 2.45) is 5.73 Å². The van der Waals surface area contributed by atoms with E-state index in [1.54, 1.807) is 0 Å². The van der Waals surface area contributed by atoms with Gasteiger partial charge in [-0.05, 0) is 42.0 Å². The number of benzene rings is 1. The molecule has 2 heterocycles. The molecule has 0 bridgehead atoms. The van der Waals surface area contributed by atoms with Crippen molar-refractivity contribution >= 4 is 11.6 Å². The average Bonchev–Trinajstić information content (AvgIpc) is 2.78. The molecule has 1 amide bonds. The predicted octanol–water partition coefficient (Wildman–Crippen LogP) is 1.58. The molecular formula is C14H18N2O. The average molecular weight is 230 g/mol.